The Kier molecular flexibility index (Phi) is 14.9. The van der Waals surface area contributed by atoms with Gasteiger partial charge >= 0.3 is 5.97 Å². The summed E-state index contributed by atoms with van der Waals surface area (Å²) in [7, 11) is -9.57. The number of phenolic OH excluding ortho intramolecular Hbond substituents is 1. The van der Waals surface area contributed by atoms with Crippen LogP contribution >= 0.6 is 35.1 Å². The molecule has 0 bridgehead atoms. The van der Waals surface area contributed by atoms with Gasteiger partial charge in [-0.2, -0.15) is 22.1 Å². The first-order valence-electron chi connectivity index (χ1n) is 19.0. The normalized spacial score (nSPS) is 12.4. The van der Waals surface area contributed by atoms with Crippen LogP contribution in [0.5, 0.6) is 17.4 Å². The highest BCUT2D eigenvalue weighted by molar-refractivity contribution is 8.01. The van der Waals surface area contributed by atoms with E-state index in [4.69, 9.17) is 15.1 Å². The van der Waals surface area contributed by atoms with E-state index in [2.05, 4.69) is 55.2 Å². The highest BCUT2D eigenvalue weighted by atomic mass is 32.2. The molecule has 7 aromatic rings. The smallest absolute Gasteiger partial charge is 0.304 e. The molecule has 0 spiro atoms. The number of para-hydroxylation sites is 2. The van der Waals surface area contributed by atoms with Gasteiger partial charge < -0.3 is 20.1 Å². The van der Waals surface area contributed by atoms with Gasteiger partial charge in [0.25, 0.3) is 25.4 Å². The van der Waals surface area contributed by atoms with Crippen molar-refractivity contribution in [1.82, 2.24) is 19.6 Å². The Morgan fingerprint density at radius 1 is 0.912 bits per heavy atom. The van der Waals surface area contributed by atoms with Crippen molar-refractivity contribution in [2.24, 2.45) is 30.7 Å². The van der Waals surface area contributed by atoms with Crippen molar-refractivity contribution in [3.05, 3.63) is 71.3 Å². The molecule has 0 saturated carbocycles. The van der Waals surface area contributed by atoms with E-state index in [9.17, 15) is 46.2 Å². The van der Waals surface area contributed by atoms with Crippen LogP contribution in [0, 0.1) is 25.2 Å². The predicted molar refractivity (Wildman–Crippen MR) is 243 cm³/mol. The molecule has 7 rings (SSSR count). The number of phenols is 1. The van der Waals surface area contributed by atoms with Crippen molar-refractivity contribution >= 4 is 122 Å². The second-order valence-electron chi connectivity index (χ2n) is 13.9. The number of aryl methyl sites for hydroxylation is 1. The Morgan fingerprint density at radius 3 is 2.37 bits per heavy atom. The van der Waals surface area contributed by atoms with Gasteiger partial charge in [0.2, 0.25) is 5.88 Å². The number of nitrogens with zero attached hydrogens (tertiary/aromatic N) is 11. The maximum atomic E-state index is 13.1. The number of carboxylic acids is 1. The highest BCUT2D eigenvalue weighted by Crippen LogP contribution is 2.48. The average Bonchev–Trinajstić information content (AvgIpc) is 3.90. The Labute approximate surface area is 395 Å². The molecule has 25 nitrogen and oxygen atoms in total. The number of fused-ring (bicyclic) bond motifs is 4. The molecule has 0 saturated heterocycles. The van der Waals surface area contributed by atoms with Gasteiger partial charge in [-0.25, -0.2) is 10.2 Å². The number of imidazole rings is 1. The number of ether oxygens (including phenoxy) is 1. The molecule has 3 aromatic heterocycles. The standard InChI is InChI=1S/C38H31N11O14S5/c1-18-14-26(28(61-11-5-13-67(55,56)57)16-25(18)42-46-37-47-48-38(65-37)64-12-10-30(50)51)43-45-32-29(66-63-62-54)15-21-20(33(32)52)8-9-24(34(21)68(58,59)60)41-44-31-19(2)22(17-39)35-40-23-6-3-4-7-27(23)49(35)36(31)53/h3-4,6-9,14-16,52-54H,5,10-13H2,1-2H3,(H,50,51)(H,55,56,57)(H,58,59,60). The number of thioether (sulfide) groups is 1. The quantitative estimate of drug-likeness (QED) is 0.00834. The van der Waals surface area contributed by atoms with Crippen molar-refractivity contribution < 1.29 is 65.4 Å². The lowest BCUT2D eigenvalue weighted by Gasteiger charge is -2.13. The minimum Gasteiger partial charge on any atom is -0.505 e. The number of benzene rings is 4. The summed E-state index contributed by atoms with van der Waals surface area (Å²) in [6.07, 6.45) is -0.245. The van der Waals surface area contributed by atoms with E-state index >= 15 is 0 Å². The molecule has 0 fully saturated rings. The fourth-order valence-electron chi connectivity index (χ4n) is 6.38. The van der Waals surface area contributed by atoms with Gasteiger partial charge in [-0.15, -0.1) is 45.2 Å². The monoisotopic (exact) mass is 1030 g/mol. The molecule has 0 radical (unpaired) electrons. The summed E-state index contributed by atoms with van der Waals surface area (Å²) in [6.45, 7) is 2.84. The Morgan fingerprint density at radius 2 is 1.65 bits per heavy atom. The third-order valence-corrected chi connectivity index (χ3v) is 13.7. The molecule has 0 aliphatic carbocycles. The van der Waals surface area contributed by atoms with Gasteiger partial charge in [0.15, 0.2) is 21.4 Å². The summed E-state index contributed by atoms with van der Waals surface area (Å²) in [5.74, 6) is -2.60. The number of azo groups is 3. The summed E-state index contributed by atoms with van der Waals surface area (Å²) in [5, 5.41) is 87.1. The number of aliphatic carboxylic acids is 1. The molecule has 0 aliphatic heterocycles. The molecule has 3 heterocycles. The van der Waals surface area contributed by atoms with Gasteiger partial charge in [-0.3, -0.25) is 18.3 Å². The molecule has 4 aromatic carbocycles. The van der Waals surface area contributed by atoms with Crippen molar-refractivity contribution in [1.29, 1.82) is 5.26 Å². The summed E-state index contributed by atoms with van der Waals surface area (Å²) in [4.78, 5) is 14.2. The number of aromatic hydroxyl groups is 2. The predicted octanol–water partition coefficient (Wildman–Crippen LogP) is 9.54. The number of hydrogen-bond donors (Lipinski definition) is 6. The molecular weight excluding hydrogens is 995 g/mol. The van der Waals surface area contributed by atoms with E-state index in [0.717, 1.165) is 23.5 Å². The summed E-state index contributed by atoms with van der Waals surface area (Å²) < 4.78 is 80.9. The molecule has 0 atom stereocenters. The number of carbonyl (C=O) groups is 1. The maximum absolute atomic E-state index is 13.1. The second kappa shape index (κ2) is 20.6. The molecule has 0 aliphatic rings. The number of aromatic nitrogens is 4. The minimum absolute atomic E-state index is 0.0227. The topological polar surface area (TPSA) is 375 Å². The second-order valence-corrected chi connectivity index (χ2v) is 19.8. The third-order valence-electron chi connectivity index (χ3n) is 9.40. The zero-order valence-electron chi connectivity index (χ0n) is 34.6. The van der Waals surface area contributed by atoms with Crippen LogP contribution in [0.2, 0.25) is 0 Å². The van der Waals surface area contributed by atoms with Crippen LogP contribution in [0.3, 0.4) is 0 Å². The third kappa shape index (κ3) is 11.0. The summed E-state index contributed by atoms with van der Waals surface area (Å²) in [5.41, 5.74) is 0.741. The minimum atomic E-state index is -5.23. The number of carboxylic acid groups (broad SMARTS) is 1. The SMILES string of the molecule is Cc1cc(N=Nc2c(SOOO)cc3c(S(=O)(=O)O)c(N=Nc4c(C)c(C#N)c5nc6ccccc6n5c4O)ccc3c2O)c(OCCCS(=O)(=O)O)cc1N=Nc1nnc(SCCC(=O)O)s1. The van der Waals surface area contributed by atoms with Crippen LogP contribution in [0.1, 0.15) is 29.5 Å². The molecule has 0 amide bonds. The van der Waals surface area contributed by atoms with Gasteiger partial charge in [0.1, 0.15) is 39.3 Å². The fourth-order valence-corrected chi connectivity index (χ4v) is 9.83. The van der Waals surface area contributed by atoms with Crippen molar-refractivity contribution in [3.63, 3.8) is 0 Å². The first-order valence-corrected chi connectivity index (χ1v) is 24.6. The Balaban J connectivity index is 1.29. The van der Waals surface area contributed by atoms with Crippen LogP contribution in [-0.2, 0) is 34.4 Å². The highest BCUT2D eigenvalue weighted by Gasteiger charge is 2.26. The van der Waals surface area contributed by atoms with Gasteiger partial charge in [0, 0.05) is 28.2 Å². The fraction of sp³-hybridized carbons (Fsp3) is 0.184. The van der Waals surface area contributed by atoms with E-state index < -0.39 is 59.9 Å². The molecule has 352 valence electrons. The van der Waals surface area contributed by atoms with Crippen LogP contribution in [0.25, 0.3) is 27.5 Å². The van der Waals surface area contributed by atoms with E-state index in [0.29, 0.717) is 20.9 Å². The van der Waals surface area contributed by atoms with Crippen molar-refractivity contribution in [3.8, 4) is 23.4 Å². The summed E-state index contributed by atoms with van der Waals surface area (Å²) >= 11 is 2.47. The molecular formula is C38H31N11O14S5. The first kappa shape index (κ1) is 49.1. The van der Waals surface area contributed by atoms with Gasteiger partial charge in [-0.05, 0) is 62.2 Å². The molecule has 6 N–H and O–H groups in total. The lowest BCUT2D eigenvalue weighted by atomic mass is 10.1. The van der Waals surface area contributed by atoms with Gasteiger partial charge in [0.05, 0.1) is 52.4 Å². The van der Waals surface area contributed by atoms with Crippen LogP contribution in [0.4, 0.5) is 33.6 Å². The first-order chi connectivity index (χ1) is 32.4. The zero-order chi connectivity index (χ0) is 48.9. The molecule has 30 heteroatoms. The zero-order valence-corrected chi connectivity index (χ0v) is 38.7. The van der Waals surface area contributed by atoms with Crippen molar-refractivity contribution in [2.45, 2.75) is 40.8 Å². The lowest BCUT2D eigenvalue weighted by molar-refractivity contribution is -0.432. The largest absolute Gasteiger partial charge is 0.505 e. The van der Waals surface area contributed by atoms with Gasteiger partial charge in [-0.1, -0.05) is 40.3 Å². The average molecular weight is 1030 g/mol. The maximum Gasteiger partial charge on any atom is 0.304 e. The van der Waals surface area contributed by atoms with Crippen molar-refractivity contribution in [2.75, 3.05) is 18.1 Å². The summed E-state index contributed by atoms with van der Waals surface area (Å²) in [6, 6.07) is 15.0. The van der Waals surface area contributed by atoms with Crippen LogP contribution in [0.15, 0.2) is 99.4 Å². The number of rotatable bonds is 19. The number of pyridine rings is 1. The van der Waals surface area contributed by atoms with Crippen LogP contribution in [-0.4, -0.2) is 90.2 Å². The lowest BCUT2D eigenvalue weighted by Crippen LogP contribution is -2.08. The van der Waals surface area contributed by atoms with E-state index in [-0.39, 0.29) is 97.6 Å². The molecule has 68 heavy (non-hydrogen) atoms. The van der Waals surface area contributed by atoms with Crippen LogP contribution < -0.4 is 4.74 Å². The van der Waals surface area contributed by atoms with E-state index in [1.807, 2.05) is 6.07 Å². The van der Waals surface area contributed by atoms with E-state index in [1.165, 1.54) is 41.3 Å². The number of hydrogen-bond acceptors (Lipinski definition) is 24. The van der Waals surface area contributed by atoms with E-state index in [1.54, 1.807) is 31.2 Å². The molecule has 0 unspecified atom stereocenters. The Hall–Kier alpha value is -6.79. The Bertz CT molecular complexity index is 3500. The number of nitriles is 1.